The van der Waals surface area contributed by atoms with Crippen LogP contribution in [0.4, 0.5) is 17.6 Å². The smallest absolute Gasteiger partial charge is 0.387 e. The van der Waals surface area contributed by atoms with E-state index < -0.39 is 37.5 Å². The summed E-state index contributed by atoms with van der Waals surface area (Å²) in [5, 5.41) is -0.161. The highest BCUT2D eigenvalue weighted by atomic mass is 31.2. The van der Waals surface area contributed by atoms with Crippen molar-refractivity contribution in [3.05, 3.63) is 77.1 Å². The van der Waals surface area contributed by atoms with Gasteiger partial charge in [0.15, 0.2) is 0 Å². The molecule has 3 aromatic carbocycles. The number of rotatable bonds is 4. The predicted octanol–water partition coefficient (Wildman–Crippen LogP) is 5.95. The fraction of sp³-hybridized carbons (Fsp3) is 0.259. The van der Waals surface area contributed by atoms with Crippen LogP contribution in [0.3, 0.4) is 0 Å². The molecule has 3 heterocycles. The molecule has 0 radical (unpaired) electrons. The fourth-order valence-electron chi connectivity index (χ4n) is 5.62. The summed E-state index contributed by atoms with van der Waals surface area (Å²) in [6, 6.07) is 10.5. The molecule has 0 aliphatic carbocycles. The molecule has 11 heteroatoms. The zero-order valence-electron chi connectivity index (χ0n) is 20.6. The molecule has 0 N–H and O–H groups in total. The van der Waals surface area contributed by atoms with Crippen molar-refractivity contribution in [2.24, 2.45) is 0 Å². The monoisotopic (exact) mass is 543 g/mol. The van der Waals surface area contributed by atoms with E-state index in [0.29, 0.717) is 34.4 Å². The van der Waals surface area contributed by atoms with Crippen molar-refractivity contribution in [3.8, 4) is 16.9 Å². The van der Waals surface area contributed by atoms with Crippen LogP contribution in [0.2, 0.25) is 0 Å². The van der Waals surface area contributed by atoms with E-state index in [1.165, 1.54) is 30.4 Å². The molecular weight excluding hydrogens is 521 g/mol. The Kier molecular flexibility index (Phi) is 5.47. The molecule has 0 spiro atoms. The van der Waals surface area contributed by atoms with Crippen LogP contribution in [0.1, 0.15) is 40.3 Å². The molecule has 6 rings (SSSR count). The van der Waals surface area contributed by atoms with Crippen LogP contribution >= 0.6 is 7.14 Å². The van der Waals surface area contributed by atoms with E-state index >= 15 is 4.39 Å². The number of alkyl halides is 2. The maximum absolute atomic E-state index is 15.1. The summed E-state index contributed by atoms with van der Waals surface area (Å²) < 4.78 is 75.6. The average Bonchev–Trinajstić information content (AvgIpc) is 3.37. The second kappa shape index (κ2) is 8.43. The van der Waals surface area contributed by atoms with Crippen LogP contribution < -0.4 is 10.0 Å². The highest BCUT2D eigenvalue weighted by molar-refractivity contribution is 7.70. The number of hydrogen-bond acceptors (Lipinski definition) is 4. The Morgan fingerprint density at radius 2 is 1.79 bits per heavy atom. The van der Waals surface area contributed by atoms with Crippen LogP contribution in [-0.2, 0) is 4.57 Å². The second-order valence-electron chi connectivity index (χ2n) is 9.96. The van der Waals surface area contributed by atoms with Gasteiger partial charge in [-0.3, -0.25) is 4.79 Å². The highest BCUT2D eigenvalue weighted by Gasteiger charge is 2.45. The van der Waals surface area contributed by atoms with Crippen molar-refractivity contribution in [1.29, 1.82) is 0 Å². The van der Waals surface area contributed by atoms with Crippen molar-refractivity contribution in [2.45, 2.75) is 25.1 Å². The third-order valence-electron chi connectivity index (χ3n) is 7.33. The number of fused-ring (bicyclic) bond motifs is 9. The summed E-state index contributed by atoms with van der Waals surface area (Å²) in [4.78, 5) is 19.5. The van der Waals surface area contributed by atoms with E-state index in [1.54, 1.807) is 31.3 Å². The molecule has 0 fully saturated rings. The zero-order valence-corrected chi connectivity index (χ0v) is 21.5. The van der Waals surface area contributed by atoms with E-state index in [2.05, 4.69) is 0 Å². The van der Waals surface area contributed by atoms with Gasteiger partial charge in [-0.25, -0.2) is 13.8 Å². The molecule has 2 aliphatic rings. The number of ether oxygens (including phenoxy) is 1. The van der Waals surface area contributed by atoms with Crippen LogP contribution in [0.25, 0.3) is 22.2 Å². The molecule has 0 saturated carbocycles. The van der Waals surface area contributed by atoms with E-state index in [4.69, 9.17) is 9.72 Å². The maximum atomic E-state index is 15.1. The molecule has 2 bridgehead atoms. The van der Waals surface area contributed by atoms with E-state index in [9.17, 15) is 22.5 Å². The lowest BCUT2D eigenvalue weighted by Gasteiger charge is -2.24. The number of amides is 1. The molecule has 196 valence electrons. The van der Waals surface area contributed by atoms with Crippen LogP contribution in [0, 0.1) is 11.6 Å². The van der Waals surface area contributed by atoms with Gasteiger partial charge in [0.2, 0.25) is 0 Å². The third-order valence-corrected chi connectivity index (χ3v) is 8.84. The Labute approximate surface area is 215 Å². The first-order valence-electron chi connectivity index (χ1n) is 11.9. The SMILES string of the molecule is CN1C(=O)c2cccc(OC(F)F)c2[C@H]2C[C@@H]1c1nc3ccc(-c4cc(F)c(P(C)(C)=O)cc4F)cc3n12. The molecule has 0 unspecified atom stereocenters. The number of nitrogens with zero attached hydrogens (tertiary/aromatic N) is 3. The van der Waals surface area contributed by atoms with Crippen molar-refractivity contribution in [2.75, 3.05) is 20.4 Å². The van der Waals surface area contributed by atoms with Crippen LogP contribution in [0.5, 0.6) is 5.75 Å². The first kappa shape index (κ1) is 24.7. The van der Waals surface area contributed by atoms with Gasteiger partial charge in [0.05, 0.1) is 23.1 Å². The largest absolute Gasteiger partial charge is 0.434 e. The summed E-state index contributed by atoms with van der Waals surface area (Å²) >= 11 is 0. The first-order chi connectivity index (χ1) is 18.0. The minimum Gasteiger partial charge on any atom is -0.434 e. The lowest BCUT2D eigenvalue weighted by molar-refractivity contribution is -0.0507. The van der Waals surface area contributed by atoms with E-state index in [-0.39, 0.29) is 28.1 Å². The summed E-state index contributed by atoms with van der Waals surface area (Å²) in [7, 11) is -1.40. The molecular formula is C27H22F4N3O3P. The fourth-order valence-corrected chi connectivity index (χ4v) is 6.62. The zero-order chi connectivity index (χ0) is 27.1. The van der Waals surface area contributed by atoms with Gasteiger partial charge < -0.3 is 18.8 Å². The third kappa shape index (κ3) is 3.65. The van der Waals surface area contributed by atoms with Crippen molar-refractivity contribution in [1.82, 2.24) is 14.5 Å². The van der Waals surface area contributed by atoms with Gasteiger partial charge in [-0.05, 0) is 55.3 Å². The Hall–Kier alpha value is -3.65. The van der Waals surface area contributed by atoms with Gasteiger partial charge in [-0.1, -0.05) is 12.1 Å². The maximum Gasteiger partial charge on any atom is 0.387 e. The van der Waals surface area contributed by atoms with Crippen molar-refractivity contribution < 1.29 is 31.7 Å². The number of carbonyl (C=O) groups is 1. The van der Waals surface area contributed by atoms with Gasteiger partial charge in [0.25, 0.3) is 5.91 Å². The number of imidazole rings is 1. The Morgan fingerprint density at radius 1 is 1.03 bits per heavy atom. The Balaban J connectivity index is 1.56. The lowest BCUT2D eigenvalue weighted by atomic mass is 9.97. The van der Waals surface area contributed by atoms with Crippen LogP contribution in [0.15, 0.2) is 48.5 Å². The van der Waals surface area contributed by atoms with E-state index in [1.807, 2.05) is 4.57 Å². The summed E-state index contributed by atoms with van der Waals surface area (Å²) in [6.45, 7) is -0.334. The normalized spacial score (nSPS) is 18.6. The van der Waals surface area contributed by atoms with Gasteiger partial charge in [-0.2, -0.15) is 8.78 Å². The van der Waals surface area contributed by atoms with Gasteiger partial charge in [-0.15, -0.1) is 0 Å². The summed E-state index contributed by atoms with van der Waals surface area (Å²) in [6.07, 6.45) is 0.390. The van der Waals surface area contributed by atoms with Crippen molar-refractivity contribution in [3.63, 3.8) is 0 Å². The number of aromatic nitrogens is 2. The molecule has 1 amide bonds. The standard InChI is InChI=1S/C27H22F4N3O3P/c1-33-21-12-20(24-14(26(33)35)5-4-6-22(24)37-27(30)31)34-19-9-13(7-8-18(19)32-25(21)34)15-10-17(29)23(11-16(15)28)38(2,3)36/h4-11,20-21,27H,12H2,1-3H3/t20-,21-/m1/s1. The molecule has 2 aliphatic heterocycles. The van der Waals surface area contributed by atoms with Gasteiger partial charge in [0.1, 0.15) is 30.4 Å². The number of benzene rings is 3. The summed E-state index contributed by atoms with van der Waals surface area (Å²) in [5.74, 6) is -1.33. The molecule has 1 aromatic heterocycles. The molecule has 6 nitrogen and oxygen atoms in total. The molecule has 38 heavy (non-hydrogen) atoms. The topological polar surface area (TPSA) is 64.4 Å². The van der Waals surface area contributed by atoms with Crippen LogP contribution in [-0.4, -0.2) is 47.3 Å². The lowest BCUT2D eigenvalue weighted by Crippen LogP contribution is -2.30. The molecule has 2 atom stereocenters. The Morgan fingerprint density at radius 3 is 2.50 bits per heavy atom. The highest BCUT2D eigenvalue weighted by Crippen LogP contribution is 2.50. The molecule has 0 saturated heterocycles. The predicted molar refractivity (Wildman–Crippen MR) is 135 cm³/mol. The number of hydrogen-bond donors (Lipinski definition) is 0. The van der Waals surface area contributed by atoms with Gasteiger partial charge >= 0.3 is 6.61 Å². The molecule has 4 aromatic rings. The Bertz CT molecular complexity index is 1700. The number of carbonyl (C=O) groups excluding carboxylic acids is 1. The minimum atomic E-state index is -3.08. The first-order valence-corrected chi connectivity index (χ1v) is 14.5. The number of halogens is 4. The quantitative estimate of drug-likeness (QED) is 0.236. The van der Waals surface area contributed by atoms with E-state index in [0.717, 1.165) is 12.1 Å². The second-order valence-corrected chi connectivity index (χ2v) is 13.1. The summed E-state index contributed by atoms with van der Waals surface area (Å²) in [5.41, 5.74) is 2.08. The average molecular weight is 543 g/mol. The van der Waals surface area contributed by atoms with Gasteiger partial charge in [0, 0.05) is 35.5 Å². The van der Waals surface area contributed by atoms with Crippen molar-refractivity contribution >= 4 is 29.4 Å². The minimum absolute atomic E-state index is 0.00948.